The number of halogens is 1. The number of morpholine rings is 1. The molecule has 1 aliphatic heterocycles. The van der Waals surface area contributed by atoms with Gasteiger partial charge in [0.25, 0.3) is 0 Å². The van der Waals surface area contributed by atoms with Crippen LogP contribution in [0.25, 0.3) is 0 Å². The monoisotopic (exact) mass is 280 g/mol. The average Bonchev–Trinajstić information content (AvgIpc) is 2.35. The predicted octanol–water partition coefficient (Wildman–Crippen LogP) is 0.670. The summed E-state index contributed by atoms with van der Waals surface area (Å²) in [6.07, 6.45) is -0.0580. The Morgan fingerprint density at radius 1 is 1.50 bits per heavy atom. The number of nitrogens with zero attached hydrogens (tertiary/aromatic N) is 1. The Bertz CT molecular complexity index is 241. The van der Waals surface area contributed by atoms with Gasteiger partial charge in [0.2, 0.25) is 5.91 Å². The number of carbonyl (C=O) groups excluding carboxylic acids is 1. The zero-order valence-corrected chi connectivity index (χ0v) is 12.3. The summed E-state index contributed by atoms with van der Waals surface area (Å²) in [6, 6.07) is -0.217. The topological polar surface area (TPSA) is 50.8 Å². The Kier molecular flexibility index (Phi) is 9.36. The Balaban J connectivity index is 0.00000289. The minimum absolute atomic E-state index is 0. The Morgan fingerprint density at radius 3 is 2.78 bits per heavy atom. The summed E-state index contributed by atoms with van der Waals surface area (Å²) in [4.78, 5) is 14.1. The standard InChI is InChI=1S/C12H24N2O3.ClH/c1-4-14(7-9-16-5-2)12(15)11-10(3)17-8-6-13-11;/h10-11,13H,4-9H2,1-3H3;1H/t10-,11+;/m1./s1. The Labute approximate surface area is 116 Å². The van der Waals surface area contributed by atoms with Crippen LogP contribution in [0.1, 0.15) is 20.8 Å². The number of hydrogen-bond donors (Lipinski definition) is 1. The van der Waals surface area contributed by atoms with Crippen molar-refractivity contribution in [2.75, 3.05) is 39.5 Å². The zero-order chi connectivity index (χ0) is 12.7. The highest BCUT2D eigenvalue weighted by Gasteiger charge is 2.31. The third kappa shape index (κ3) is 5.10. The molecule has 6 heteroatoms. The lowest BCUT2D eigenvalue weighted by molar-refractivity contribution is -0.140. The molecule has 1 aliphatic rings. The fraction of sp³-hybridized carbons (Fsp3) is 0.917. The molecule has 0 bridgehead atoms. The van der Waals surface area contributed by atoms with Gasteiger partial charge in [0.05, 0.1) is 19.3 Å². The van der Waals surface area contributed by atoms with E-state index in [1.54, 1.807) is 0 Å². The highest BCUT2D eigenvalue weighted by Crippen LogP contribution is 2.07. The Hall–Kier alpha value is -0.360. The SMILES string of the molecule is CCOCCN(CC)C(=O)[C@H]1NCCO[C@@H]1C.Cl. The molecule has 0 aromatic rings. The molecule has 0 saturated carbocycles. The van der Waals surface area contributed by atoms with Crippen molar-refractivity contribution in [3.8, 4) is 0 Å². The molecule has 1 saturated heterocycles. The second-order valence-electron chi connectivity index (χ2n) is 4.12. The van der Waals surface area contributed by atoms with E-state index in [0.29, 0.717) is 32.9 Å². The lowest BCUT2D eigenvalue weighted by atomic mass is 10.1. The summed E-state index contributed by atoms with van der Waals surface area (Å²) in [5.74, 6) is 0.111. The summed E-state index contributed by atoms with van der Waals surface area (Å²) in [6.45, 7) is 9.93. The molecule has 0 aliphatic carbocycles. The zero-order valence-electron chi connectivity index (χ0n) is 11.5. The van der Waals surface area contributed by atoms with Gasteiger partial charge in [-0.1, -0.05) is 0 Å². The number of likely N-dealkylation sites (N-methyl/N-ethyl adjacent to an activating group) is 1. The third-order valence-corrected chi connectivity index (χ3v) is 2.99. The van der Waals surface area contributed by atoms with Gasteiger partial charge in [-0.2, -0.15) is 0 Å². The molecule has 18 heavy (non-hydrogen) atoms. The second-order valence-corrected chi connectivity index (χ2v) is 4.12. The third-order valence-electron chi connectivity index (χ3n) is 2.99. The summed E-state index contributed by atoms with van der Waals surface area (Å²) < 4.78 is 10.8. The number of rotatable bonds is 6. The molecule has 5 nitrogen and oxygen atoms in total. The van der Waals surface area contributed by atoms with E-state index >= 15 is 0 Å². The van der Waals surface area contributed by atoms with Gasteiger partial charge in [-0.3, -0.25) is 4.79 Å². The van der Waals surface area contributed by atoms with Crippen molar-refractivity contribution in [1.82, 2.24) is 10.2 Å². The highest BCUT2D eigenvalue weighted by atomic mass is 35.5. The van der Waals surface area contributed by atoms with Crippen molar-refractivity contribution in [2.45, 2.75) is 32.9 Å². The molecule has 0 aromatic carbocycles. The minimum atomic E-state index is -0.217. The maximum atomic E-state index is 12.3. The maximum Gasteiger partial charge on any atom is 0.242 e. The lowest BCUT2D eigenvalue weighted by Gasteiger charge is -2.33. The smallest absolute Gasteiger partial charge is 0.242 e. The van der Waals surface area contributed by atoms with Crippen molar-refractivity contribution in [1.29, 1.82) is 0 Å². The van der Waals surface area contributed by atoms with Gasteiger partial charge in [-0.25, -0.2) is 0 Å². The first kappa shape index (κ1) is 17.6. The highest BCUT2D eigenvalue weighted by molar-refractivity contribution is 5.85. The molecular weight excluding hydrogens is 256 g/mol. The van der Waals surface area contributed by atoms with Gasteiger partial charge in [-0.05, 0) is 20.8 Å². The lowest BCUT2D eigenvalue weighted by Crippen LogP contribution is -2.56. The molecule has 2 atom stereocenters. The number of hydrogen-bond acceptors (Lipinski definition) is 4. The molecule has 0 radical (unpaired) electrons. The van der Waals surface area contributed by atoms with Gasteiger partial charge in [-0.15, -0.1) is 12.4 Å². The molecular formula is C12H25ClN2O3. The first-order chi connectivity index (χ1) is 8.20. The number of carbonyl (C=O) groups is 1. The van der Waals surface area contributed by atoms with E-state index in [-0.39, 0.29) is 30.5 Å². The predicted molar refractivity (Wildman–Crippen MR) is 73.2 cm³/mol. The first-order valence-corrected chi connectivity index (χ1v) is 6.42. The van der Waals surface area contributed by atoms with Crippen LogP contribution in [-0.2, 0) is 14.3 Å². The normalized spacial score (nSPS) is 23.3. The van der Waals surface area contributed by atoms with Gasteiger partial charge < -0.3 is 19.7 Å². The number of ether oxygens (including phenoxy) is 2. The van der Waals surface area contributed by atoms with Crippen LogP contribution in [0.3, 0.4) is 0 Å². The molecule has 108 valence electrons. The van der Waals surface area contributed by atoms with Crippen LogP contribution < -0.4 is 5.32 Å². The van der Waals surface area contributed by atoms with E-state index in [2.05, 4.69) is 5.32 Å². The fourth-order valence-electron chi connectivity index (χ4n) is 1.95. The van der Waals surface area contributed by atoms with Crippen molar-refractivity contribution < 1.29 is 14.3 Å². The number of amides is 1. The van der Waals surface area contributed by atoms with Gasteiger partial charge in [0.15, 0.2) is 0 Å². The van der Waals surface area contributed by atoms with Gasteiger partial charge >= 0.3 is 0 Å². The summed E-state index contributed by atoms with van der Waals surface area (Å²) in [7, 11) is 0. The fourth-order valence-corrected chi connectivity index (χ4v) is 1.95. The Morgan fingerprint density at radius 2 is 2.22 bits per heavy atom. The van der Waals surface area contributed by atoms with Crippen LogP contribution in [0.4, 0.5) is 0 Å². The van der Waals surface area contributed by atoms with E-state index in [4.69, 9.17) is 9.47 Å². The van der Waals surface area contributed by atoms with Crippen LogP contribution in [0.5, 0.6) is 0 Å². The van der Waals surface area contributed by atoms with E-state index in [9.17, 15) is 4.79 Å². The van der Waals surface area contributed by atoms with Crippen LogP contribution >= 0.6 is 12.4 Å². The molecule has 1 fully saturated rings. The largest absolute Gasteiger partial charge is 0.380 e. The van der Waals surface area contributed by atoms with Crippen molar-refractivity contribution in [3.05, 3.63) is 0 Å². The summed E-state index contributed by atoms with van der Waals surface area (Å²) >= 11 is 0. The molecule has 1 N–H and O–H groups in total. The summed E-state index contributed by atoms with van der Waals surface area (Å²) in [5.41, 5.74) is 0. The molecule has 1 rings (SSSR count). The quantitative estimate of drug-likeness (QED) is 0.727. The average molecular weight is 281 g/mol. The molecule has 1 heterocycles. The first-order valence-electron chi connectivity index (χ1n) is 6.42. The summed E-state index contributed by atoms with van der Waals surface area (Å²) in [5, 5.41) is 3.22. The minimum Gasteiger partial charge on any atom is -0.380 e. The van der Waals surface area contributed by atoms with Crippen LogP contribution in [-0.4, -0.2) is 62.4 Å². The van der Waals surface area contributed by atoms with E-state index in [1.807, 2.05) is 25.7 Å². The van der Waals surface area contributed by atoms with E-state index in [1.165, 1.54) is 0 Å². The van der Waals surface area contributed by atoms with Gasteiger partial charge in [0.1, 0.15) is 6.04 Å². The maximum absolute atomic E-state index is 12.3. The van der Waals surface area contributed by atoms with Crippen molar-refractivity contribution >= 4 is 18.3 Å². The molecule has 0 unspecified atom stereocenters. The molecule has 1 amide bonds. The van der Waals surface area contributed by atoms with Crippen LogP contribution in [0.2, 0.25) is 0 Å². The number of nitrogens with one attached hydrogen (secondary N) is 1. The molecule has 0 spiro atoms. The van der Waals surface area contributed by atoms with E-state index in [0.717, 1.165) is 6.54 Å². The van der Waals surface area contributed by atoms with Gasteiger partial charge in [0, 0.05) is 26.2 Å². The molecule has 0 aromatic heterocycles. The second kappa shape index (κ2) is 9.55. The van der Waals surface area contributed by atoms with Crippen molar-refractivity contribution in [3.63, 3.8) is 0 Å². The van der Waals surface area contributed by atoms with Crippen LogP contribution in [0, 0.1) is 0 Å². The van der Waals surface area contributed by atoms with E-state index < -0.39 is 0 Å². The van der Waals surface area contributed by atoms with Crippen LogP contribution in [0.15, 0.2) is 0 Å². The van der Waals surface area contributed by atoms with Crippen molar-refractivity contribution in [2.24, 2.45) is 0 Å².